The van der Waals surface area contributed by atoms with E-state index in [2.05, 4.69) is 17.3 Å². The van der Waals surface area contributed by atoms with Gasteiger partial charge in [-0.15, -0.1) is 11.6 Å². The fourth-order valence-electron chi connectivity index (χ4n) is 2.60. The summed E-state index contributed by atoms with van der Waals surface area (Å²) in [5, 5.41) is 3.57. The Labute approximate surface area is 112 Å². The molecule has 17 heavy (non-hydrogen) atoms. The van der Waals surface area contributed by atoms with Crippen LogP contribution in [0, 0.1) is 0 Å². The van der Waals surface area contributed by atoms with Gasteiger partial charge < -0.3 is 10.2 Å². The highest BCUT2D eigenvalue weighted by molar-refractivity contribution is 6.17. The van der Waals surface area contributed by atoms with Gasteiger partial charge in [0, 0.05) is 11.9 Å². The summed E-state index contributed by atoms with van der Waals surface area (Å²) in [6, 6.07) is 0.826. The van der Waals surface area contributed by atoms with Crippen LogP contribution in [0.25, 0.3) is 0 Å². The molecule has 1 atom stereocenters. The van der Waals surface area contributed by atoms with Crippen molar-refractivity contribution in [1.82, 2.24) is 10.2 Å². The van der Waals surface area contributed by atoms with Gasteiger partial charge >= 0.3 is 0 Å². The number of hydrogen-bond acceptors (Lipinski definition) is 2. The second kappa shape index (κ2) is 10.2. The first-order valence-corrected chi connectivity index (χ1v) is 7.85. The van der Waals surface area contributed by atoms with Crippen LogP contribution >= 0.6 is 11.6 Å². The highest BCUT2D eigenvalue weighted by atomic mass is 35.5. The van der Waals surface area contributed by atoms with Crippen molar-refractivity contribution in [2.45, 2.75) is 57.4 Å². The average Bonchev–Trinajstić information content (AvgIpc) is 2.35. The third-order valence-electron chi connectivity index (χ3n) is 3.81. The molecule has 0 aliphatic carbocycles. The lowest BCUT2D eigenvalue weighted by Gasteiger charge is -2.32. The van der Waals surface area contributed by atoms with Crippen LogP contribution in [-0.2, 0) is 0 Å². The Morgan fingerprint density at radius 3 is 2.71 bits per heavy atom. The Bertz CT molecular complexity index is 176. The standard InChI is InChI=1S/C14H29ClN2/c1-17-13-7-4-8-14(17)9-12-16-11-6-3-2-5-10-15/h14,16H,2-13H2,1H3. The molecule has 0 amide bonds. The van der Waals surface area contributed by atoms with Crippen LogP contribution in [-0.4, -0.2) is 43.5 Å². The summed E-state index contributed by atoms with van der Waals surface area (Å²) < 4.78 is 0. The normalized spacial score (nSPS) is 21.9. The van der Waals surface area contributed by atoms with Gasteiger partial charge in [0.2, 0.25) is 0 Å². The van der Waals surface area contributed by atoms with E-state index in [4.69, 9.17) is 11.6 Å². The summed E-state index contributed by atoms with van der Waals surface area (Å²) in [6.45, 7) is 3.66. The summed E-state index contributed by atoms with van der Waals surface area (Å²) in [5.74, 6) is 0.821. The molecule has 1 aliphatic heterocycles. The van der Waals surface area contributed by atoms with Gasteiger partial charge in [-0.3, -0.25) is 0 Å². The van der Waals surface area contributed by atoms with Crippen LogP contribution in [0.5, 0.6) is 0 Å². The molecule has 1 saturated heterocycles. The summed E-state index contributed by atoms with van der Waals surface area (Å²) in [6.07, 6.45) is 10.6. The summed E-state index contributed by atoms with van der Waals surface area (Å²) >= 11 is 5.64. The minimum Gasteiger partial charge on any atom is -0.317 e. The van der Waals surface area contributed by atoms with Crippen molar-refractivity contribution in [3.63, 3.8) is 0 Å². The maximum atomic E-state index is 5.64. The Hall–Kier alpha value is 0.210. The molecule has 1 N–H and O–H groups in total. The van der Waals surface area contributed by atoms with Gasteiger partial charge in [0.15, 0.2) is 0 Å². The number of nitrogens with zero attached hydrogens (tertiary/aromatic N) is 1. The fraction of sp³-hybridized carbons (Fsp3) is 1.00. The molecule has 1 aliphatic rings. The van der Waals surface area contributed by atoms with Crippen LogP contribution in [0.2, 0.25) is 0 Å². The average molecular weight is 261 g/mol. The molecule has 1 unspecified atom stereocenters. The lowest BCUT2D eigenvalue weighted by atomic mass is 10.0. The van der Waals surface area contributed by atoms with Gasteiger partial charge in [-0.05, 0) is 58.8 Å². The van der Waals surface area contributed by atoms with Crippen molar-refractivity contribution in [3.05, 3.63) is 0 Å². The van der Waals surface area contributed by atoms with Crippen molar-refractivity contribution in [1.29, 1.82) is 0 Å². The maximum absolute atomic E-state index is 5.64. The van der Waals surface area contributed by atoms with E-state index in [9.17, 15) is 0 Å². The molecular formula is C14H29ClN2. The molecule has 0 bridgehead atoms. The molecule has 3 heteroatoms. The van der Waals surface area contributed by atoms with Crippen LogP contribution in [0.3, 0.4) is 0 Å². The molecule has 102 valence electrons. The molecule has 1 heterocycles. The number of rotatable bonds is 9. The zero-order chi connectivity index (χ0) is 12.3. The smallest absolute Gasteiger partial charge is 0.0223 e. The SMILES string of the molecule is CN1CCCCC1CCNCCCCCCCl. The number of hydrogen-bond donors (Lipinski definition) is 1. The molecule has 0 spiro atoms. The van der Waals surface area contributed by atoms with E-state index in [1.807, 2.05) is 0 Å². The number of likely N-dealkylation sites (tertiary alicyclic amines) is 1. The Kier molecular flexibility index (Phi) is 9.13. The number of unbranched alkanes of at least 4 members (excludes halogenated alkanes) is 3. The second-order valence-electron chi connectivity index (χ2n) is 5.27. The molecule has 0 saturated carbocycles. The Morgan fingerprint density at radius 1 is 1.12 bits per heavy atom. The first-order chi connectivity index (χ1) is 8.34. The first kappa shape index (κ1) is 15.3. The van der Waals surface area contributed by atoms with Crippen LogP contribution < -0.4 is 5.32 Å². The van der Waals surface area contributed by atoms with Crippen molar-refractivity contribution in [3.8, 4) is 0 Å². The van der Waals surface area contributed by atoms with Crippen LogP contribution in [0.4, 0.5) is 0 Å². The minimum absolute atomic E-state index is 0.821. The number of halogens is 1. The van der Waals surface area contributed by atoms with E-state index in [0.29, 0.717) is 0 Å². The highest BCUT2D eigenvalue weighted by Gasteiger charge is 2.17. The lowest BCUT2D eigenvalue weighted by Crippen LogP contribution is -2.38. The second-order valence-corrected chi connectivity index (χ2v) is 5.65. The lowest BCUT2D eigenvalue weighted by molar-refractivity contribution is 0.175. The monoisotopic (exact) mass is 260 g/mol. The van der Waals surface area contributed by atoms with Gasteiger partial charge in [0.25, 0.3) is 0 Å². The van der Waals surface area contributed by atoms with E-state index in [1.165, 1.54) is 71.0 Å². The van der Waals surface area contributed by atoms with Crippen molar-refractivity contribution < 1.29 is 0 Å². The fourth-order valence-corrected chi connectivity index (χ4v) is 2.79. The van der Waals surface area contributed by atoms with Crippen LogP contribution in [0.1, 0.15) is 51.4 Å². The zero-order valence-corrected chi connectivity index (χ0v) is 12.1. The molecule has 0 radical (unpaired) electrons. The van der Waals surface area contributed by atoms with E-state index < -0.39 is 0 Å². The summed E-state index contributed by atoms with van der Waals surface area (Å²) in [4.78, 5) is 2.53. The van der Waals surface area contributed by atoms with E-state index in [1.54, 1.807) is 0 Å². The number of piperidine rings is 1. The molecule has 2 nitrogen and oxygen atoms in total. The number of nitrogens with one attached hydrogen (secondary N) is 1. The van der Waals surface area contributed by atoms with Gasteiger partial charge in [-0.2, -0.15) is 0 Å². The molecule has 0 aromatic carbocycles. The highest BCUT2D eigenvalue weighted by Crippen LogP contribution is 2.16. The van der Waals surface area contributed by atoms with E-state index >= 15 is 0 Å². The maximum Gasteiger partial charge on any atom is 0.0223 e. The van der Waals surface area contributed by atoms with Gasteiger partial charge in [0.1, 0.15) is 0 Å². The molecule has 0 aromatic heterocycles. The predicted octanol–water partition coefficient (Wildman–Crippen LogP) is 3.25. The molecule has 1 fully saturated rings. The Balaban J connectivity index is 1.86. The summed E-state index contributed by atoms with van der Waals surface area (Å²) in [7, 11) is 2.27. The van der Waals surface area contributed by atoms with Crippen LogP contribution in [0.15, 0.2) is 0 Å². The van der Waals surface area contributed by atoms with Gasteiger partial charge in [0.05, 0.1) is 0 Å². The topological polar surface area (TPSA) is 15.3 Å². The van der Waals surface area contributed by atoms with E-state index in [0.717, 1.165) is 11.9 Å². The Morgan fingerprint density at radius 2 is 1.94 bits per heavy atom. The largest absolute Gasteiger partial charge is 0.317 e. The van der Waals surface area contributed by atoms with Gasteiger partial charge in [-0.1, -0.05) is 19.3 Å². The third kappa shape index (κ3) is 7.28. The van der Waals surface area contributed by atoms with E-state index in [-0.39, 0.29) is 0 Å². The summed E-state index contributed by atoms with van der Waals surface area (Å²) in [5.41, 5.74) is 0. The molecule has 0 aromatic rings. The predicted molar refractivity (Wildman–Crippen MR) is 76.9 cm³/mol. The first-order valence-electron chi connectivity index (χ1n) is 7.31. The number of alkyl halides is 1. The van der Waals surface area contributed by atoms with Crippen molar-refractivity contribution in [2.75, 3.05) is 32.6 Å². The third-order valence-corrected chi connectivity index (χ3v) is 4.08. The minimum atomic E-state index is 0.821. The molecule has 1 rings (SSSR count). The zero-order valence-electron chi connectivity index (χ0n) is 11.4. The molecular weight excluding hydrogens is 232 g/mol. The van der Waals surface area contributed by atoms with Crippen molar-refractivity contribution in [2.24, 2.45) is 0 Å². The quantitative estimate of drug-likeness (QED) is 0.506. The van der Waals surface area contributed by atoms with Gasteiger partial charge in [-0.25, -0.2) is 0 Å². The van der Waals surface area contributed by atoms with Crippen molar-refractivity contribution >= 4 is 11.6 Å².